The first-order valence-electron chi connectivity index (χ1n) is 7.50. The molecule has 21 heavy (non-hydrogen) atoms. The van der Waals surface area contributed by atoms with Crippen LogP contribution in [-0.4, -0.2) is 35.6 Å². The Morgan fingerprint density at radius 2 is 2.33 bits per heavy atom. The highest BCUT2D eigenvalue weighted by Crippen LogP contribution is 2.30. The second kappa shape index (κ2) is 6.20. The lowest BCUT2D eigenvalue weighted by molar-refractivity contribution is 0.227. The molecule has 0 amide bonds. The van der Waals surface area contributed by atoms with Gasteiger partial charge in [-0.3, -0.25) is 4.98 Å². The number of nitrogen functional groups attached to an aromatic ring is 1. The van der Waals surface area contributed by atoms with Crippen LogP contribution < -0.4 is 11.1 Å². The van der Waals surface area contributed by atoms with Gasteiger partial charge in [0.2, 0.25) is 0 Å². The van der Waals surface area contributed by atoms with E-state index in [0.29, 0.717) is 6.04 Å². The van der Waals surface area contributed by atoms with Gasteiger partial charge < -0.3 is 16.0 Å². The van der Waals surface area contributed by atoms with Crippen LogP contribution in [0.2, 0.25) is 0 Å². The van der Waals surface area contributed by atoms with Crippen molar-refractivity contribution in [3.8, 4) is 0 Å². The maximum Gasteiger partial charge on any atom is 0.0954 e. The number of aromatic nitrogens is 1. The Morgan fingerprint density at radius 1 is 1.48 bits per heavy atom. The number of nitrogens with zero attached hydrogens (tertiary/aromatic N) is 2. The summed E-state index contributed by atoms with van der Waals surface area (Å²) in [5, 5.41) is 4.66. The van der Waals surface area contributed by atoms with Gasteiger partial charge in [0.05, 0.1) is 11.2 Å². The highest BCUT2D eigenvalue weighted by molar-refractivity contribution is 9.10. The van der Waals surface area contributed by atoms with Crippen molar-refractivity contribution in [2.45, 2.75) is 25.8 Å². The Balaban J connectivity index is 1.89. The molecule has 1 aromatic carbocycles. The van der Waals surface area contributed by atoms with Crippen LogP contribution in [0.4, 0.5) is 11.4 Å². The molecule has 1 fully saturated rings. The normalized spacial score (nSPS) is 19.8. The smallest absolute Gasteiger partial charge is 0.0954 e. The molecule has 1 aliphatic heterocycles. The van der Waals surface area contributed by atoms with Crippen molar-refractivity contribution in [1.82, 2.24) is 9.88 Å². The van der Waals surface area contributed by atoms with E-state index in [-0.39, 0.29) is 0 Å². The lowest BCUT2D eigenvalue weighted by atomic mass is 10.0. The third kappa shape index (κ3) is 3.14. The molecule has 4 nitrogen and oxygen atoms in total. The number of rotatable bonds is 3. The predicted octanol–water partition coefficient (Wildman–Crippen LogP) is 3.48. The molecule has 0 aliphatic carbocycles. The molecule has 1 aromatic heterocycles. The number of halogens is 1. The zero-order valence-electron chi connectivity index (χ0n) is 12.3. The van der Waals surface area contributed by atoms with Gasteiger partial charge in [-0.05, 0) is 60.1 Å². The summed E-state index contributed by atoms with van der Waals surface area (Å²) in [5.41, 5.74) is 8.87. The minimum absolute atomic E-state index is 0.482. The van der Waals surface area contributed by atoms with Crippen molar-refractivity contribution in [3.05, 3.63) is 28.9 Å². The molecule has 0 saturated carbocycles. The second-order valence-corrected chi connectivity index (χ2v) is 6.54. The van der Waals surface area contributed by atoms with Crippen molar-refractivity contribution < 1.29 is 0 Å². The van der Waals surface area contributed by atoms with E-state index in [4.69, 9.17) is 5.73 Å². The summed E-state index contributed by atoms with van der Waals surface area (Å²) in [5.74, 6) is 0. The molecule has 3 N–H and O–H groups in total. The topological polar surface area (TPSA) is 54.2 Å². The fourth-order valence-electron chi connectivity index (χ4n) is 3.01. The summed E-state index contributed by atoms with van der Waals surface area (Å²) in [6, 6.07) is 6.51. The number of nitrogens with two attached hydrogens (primary N) is 1. The van der Waals surface area contributed by atoms with Crippen molar-refractivity contribution in [3.63, 3.8) is 0 Å². The fraction of sp³-hybridized carbons (Fsp3) is 0.438. The zero-order chi connectivity index (χ0) is 14.8. The highest BCUT2D eigenvalue weighted by Gasteiger charge is 2.19. The van der Waals surface area contributed by atoms with Crippen LogP contribution in [0.25, 0.3) is 10.9 Å². The number of anilines is 2. The van der Waals surface area contributed by atoms with Gasteiger partial charge in [-0.2, -0.15) is 0 Å². The molecule has 112 valence electrons. The Kier molecular flexibility index (Phi) is 4.31. The van der Waals surface area contributed by atoms with Crippen LogP contribution in [0.15, 0.2) is 28.9 Å². The van der Waals surface area contributed by atoms with Crippen LogP contribution >= 0.6 is 15.9 Å². The SMILES string of the molecule is CCN1CCCC(Nc2ccc(N)c3cc(Br)cnc23)C1. The third-order valence-electron chi connectivity index (χ3n) is 4.16. The van der Waals surface area contributed by atoms with E-state index in [1.807, 2.05) is 24.4 Å². The Bertz CT molecular complexity index is 643. The summed E-state index contributed by atoms with van der Waals surface area (Å²) in [7, 11) is 0. The van der Waals surface area contributed by atoms with Gasteiger partial charge in [0.1, 0.15) is 0 Å². The second-order valence-electron chi connectivity index (χ2n) is 5.63. The lowest BCUT2D eigenvalue weighted by Gasteiger charge is -2.33. The molecular formula is C16H21BrN4. The molecule has 1 aliphatic rings. The van der Waals surface area contributed by atoms with Gasteiger partial charge in [0.25, 0.3) is 0 Å². The van der Waals surface area contributed by atoms with E-state index in [1.165, 1.54) is 19.4 Å². The number of nitrogens with one attached hydrogen (secondary N) is 1. The maximum absolute atomic E-state index is 6.07. The maximum atomic E-state index is 6.07. The molecule has 0 spiro atoms. The number of piperidine rings is 1. The molecule has 2 heterocycles. The third-order valence-corrected chi connectivity index (χ3v) is 4.60. The Hall–Kier alpha value is -1.33. The number of hydrogen-bond acceptors (Lipinski definition) is 4. The summed E-state index contributed by atoms with van der Waals surface area (Å²) < 4.78 is 0.952. The van der Waals surface area contributed by atoms with Crippen molar-refractivity contribution in [2.75, 3.05) is 30.7 Å². The van der Waals surface area contributed by atoms with Gasteiger partial charge in [-0.25, -0.2) is 0 Å². The summed E-state index contributed by atoms with van der Waals surface area (Å²) in [6.45, 7) is 5.65. The number of pyridine rings is 1. The summed E-state index contributed by atoms with van der Waals surface area (Å²) in [4.78, 5) is 7.03. The van der Waals surface area contributed by atoms with Crippen molar-refractivity contribution >= 4 is 38.2 Å². The van der Waals surface area contributed by atoms with Gasteiger partial charge in [0, 0.05) is 34.3 Å². The number of likely N-dealkylation sites (tertiary alicyclic amines) is 1. The van der Waals surface area contributed by atoms with E-state index in [9.17, 15) is 0 Å². The Labute approximate surface area is 133 Å². The molecule has 2 aromatic rings. The Morgan fingerprint density at radius 3 is 3.14 bits per heavy atom. The van der Waals surface area contributed by atoms with Crippen molar-refractivity contribution in [2.24, 2.45) is 0 Å². The predicted molar refractivity (Wildman–Crippen MR) is 92.6 cm³/mol. The fourth-order valence-corrected chi connectivity index (χ4v) is 3.34. The van der Waals surface area contributed by atoms with E-state index in [2.05, 4.69) is 38.1 Å². The first kappa shape index (κ1) is 14.6. The minimum Gasteiger partial charge on any atom is -0.398 e. The molecule has 1 atom stereocenters. The molecule has 1 unspecified atom stereocenters. The quantitative estimate of drug-likeness (QED) is 0.833. The van der Waals surface area contributed by atoms with E-state index >= 15 is 0 Å². The molecule has 0 radical (unpaired) electrons. The van der Waals surface area contributed by atoms with Gasteiger partial charge >= 0.3 is 0 Å². The van der Waals surface area contributed by atoms with Crippen molar-refractivity contribution in [1.29, 1.82) is 0 Å². The molecule has 0 bridgehead atoms. The van der Waals surface area contributed by atoms with Gasteiger partial charge in [-0.1, -0.05) is 6.92 Å². The van der Waals surface area contributed by atoms with E-state index < -0.39 is 0 Å². The standard InChI is InChI=1S/C16H21BrN4/c1-2-21-7-3-4-12(10-21)20-15-6-5-14(18)13-8-11(17)9-19-16(13)15/h5-6,8-9,12,20H,2-4,7,10,18H2,1H3. The van der Waals surface area contributed by atoms with Crippen LogP contribution in [0.1, 0.15) is 19.8 Å². The summed E-state index contributed by atoms with van der Waals surface area (Å²) >= 11 is 3.46. The largest absolute Gasteiger partial charge is 0.398 e. The minimum atomic E-state index is 0.482. The number of benzene rings is 1. The van der Waals surface area contributed by atoms with Crippen LogP contribution in [-0.2, 0) is 0 Å². The first-order chi connectivity index (χ1) is 10.2. The number of hydrogen-bond donors (Lipinski definition) is 2. The summed E-state index contributed by atoms with van der Waals surface area (Å²) in [6.07, 6.45) is 4.28. The van der Waals surface area contributed by atoms with E-state index in [1.54, 1.807) is 0 Å². The molecule has 3 rings (SSSR count). The van der Waals surface area contributed by atoms with Crippen LogP contribution in [0.5, 0.6) is 0 Å². The zero-order valence-corrected chi connectivity index (χ0v) is 13.9. The number of fused-ring (bicyclic) bond motifs is 1. The number of likely N-dealkylation sites (N-methyl/N-ethyl adjacent to an activating group) is 1. The molecular weight excluding hydrogens is 328 g/mol. The molecule has 1 saturated heterocycles. The monoisotopic (exact) mass is 348 g/mol. The molecule has 5 heteroatoms. The highest BCUT2D eigenvalue weighted by atomic mass is 79.9. The first-order valence-corrected chi connectivity index (χ1v) is 8.29. The average Bonchev–Trinajstić information content (AvgIpc) is 2.50. The lowest BCUT2D eigenvalue weighted by Crippen LogP contribution is -2.41. The van der Waals surface area contributed by atoms with E-state index in [0.717, 1.165) is 39.8 Å². The van der Waals surface area contributed by atoms with Crippen LogP contribution in [0, 0.1) is 0 Å². The van der Waals surface area contributed by atoms with Gasteiger partial charge in [-0.15, -0.1) is 0 Å². The van der Waals surface area contributed by atoms with Gasteiger partial charge in [0.15, 0.2) is 0 Å². The van der Waals surface area contributed by atoms with Crippen LogP contribution in [0.3, 0.4) is 0 Å². The average molecular weight is 349 g/mol.